The number of aromatic nitrogens is 2. The van der Waals surface area contributed by atoms with Crippen LogP contribution in [-0.4, -0.2) is 16.5 Å². The van der Waals surface area contributed by atoms with Gasteiger partial charge in [-0.05, 0) is 11.5 Å². The molecule has 0 bridgehead atoms. The molecule has 0 aliphatic carbocycles. The molecule has 3 heteroatoms. The minimum Gasteiger partial charge on any atom is -0.356 e. The molecule has 16 heavy (non-hydrogen) atoms. The van der Waals surface area contributed by atoms with Crippen molar-refractivity contribution in [1.82, 2.24) is 9.97 Å². The molecule has 2 N–H and O–H groups in total. The largest absolute Gasteiger partial charge is 0.356 e. The highest BCUT2D eigenvalue weighted by Gasteiger charge is 2.02. The fourth-order valence-corrected chi connectivity index (χ4v) is 1.48. The highest BCUT2D eigenvalue weighted by atomic mass is 15.1. The molecule has 0 aliphatic rings. The number of nitrogens with one attached hydrogen (secondary N) is 2. The fourth-order valence-electron chi connectivity index (χ4n) is 1.48. The number of hydrogen-bond acceptors (Lipinski definition) is 2. The molecule has 3 nitrogen and oxygen atoms in total. The van der Waals surface area contributed by atoms with Crippen LogP contribution in [0.3, 0.4) is 0 Å². The van der Waals surface area contributed by atoms with Crippen LogP contribution in [0.4, 0.5) is 5.95 Å². The Kier molecular flexibility index (Phi) is 3.25. The van der Waals surface area contributed by atoms with Crippen LogP contribution in [0, 0.1) is 5.92 Å². The van der Waals surface area contributed by atoms with Crippen molar-refractivity contribution in [3.63, 3.8) is 0 Å². The van der Waals surface area contributed by atoms with Gasteiger partial charge in [-0.2, -0.15) is 0 Å². The topological polar surface area (TPSA) is 40.7 Å². The molecule has 0 radical (unpaired) electrons. The van der Waals surface area contributed by atoms with Crippen LogP contribution in [0.15, 0.2) is 36.5 Å². The van der Waals surface area contributed by atoms with Crippen molar-refractivity contribution < 1.29 is 0 Å². The number of H-pyrrole nitrogens is 1. The van der Waals surface area contributed by atoms with Crippen molar-refractivity contribution in [3.05, 3.63) is 36.5 Å². The van der Waals surface area contributed by atoms with Gasteiger partial charge in [-0.25, -0.2) is 4.98 Å². The standard InChI is InChI=1S/C13H17N3/c1-10(2)8-14-13-15-9-12(16-13)11-6-4-3-5-7-11/h3-7,9-10H,8H2,1-2H3,(H2,14,15,16). The predicted molar refractivity (Wildman–Crippen MR) is 67.4 cm³/mol. The lowest BCUT2D eigenvalue weighted by Gasteiger charge is -2.04. The lowest BCUT2D eigenvalue weighted by molar-refractivity contribution is 0.685. The molecule has 0 aliphatic heterocycles. The molecule has 84 valence electrons. The van der Waals surface area contributed by atoms with Crippen molar-refractivity contribution in [2.75, 3.05) is 11.9 Å². The van der Waals surface area contributed by atoms with Crippen LogP contribution in [0.5, 0.6) is 0 Å². The van der Waals surface area contributed by atoms with Gasteiger partial charge >= 0.3 is 0 Å². The Morgan fingerprint density at radius 2 is 2.00 bits per heavy atom. The van der Waals surface area contributed by atoms with Gasteiger partial charge in [0.2, 0.25) is 5.95 Å². The second kappa shape index (κ2) is 4.84. The van der Waals surface area contributed by atoms with Gasteiger partial charge in [0.15, 0.2) is 0 Å². The molecule has 0 fully saturated rings. The maximum absolute atomic E-state index is 4.30. The lowest BCUT2D eigenvalue weighted by atomic mass is 10.2. The maximum atomic E-state index is 4.30. The number of rotatable bonds is 4. The summed E-state index contributed by atoms with van der Waals surface area (Å²) in [5.41, 5.74) is 2.21. The highest BCUT2D eigenvalue weighted by molar-refractivity contribution is 5.59. The third-order valence-electron chi connectivity index (χ3n) is 2.34. The molecular formula is C13H17N3. The zero-order valence-electron chi connectivity index (χ0n) is 9.70. The van der Waals surface area contributed by atoms with Gasteiger partial charge in [0.1, 0.15) is 0 Å². The monoisotopic (exact) mass is 215 g/mol. The molecule has 0 saturated heterocycles. The van der Waals surface area contributed by atoms with Crippen LogP contribution < -0.4 is 5.32 Å². The van der Waals surface area contributed by atoms with Crippen molar-refractivity contribution in [3.8, 4) is 11.3 Å². The molecule has 2 aromatic rings. The van der Waals surface area contributed by atoms with E-state index in [1.54, 1.807) is 0 Å². The quantitative estimate of drug-likeness (QED) is 0.822. The van der Waals surface area contributed by atoms with E-state index in [1.165, 1.54) is 0 Å². The molecule has 2 rings (SSSR count). The Morgan fingerprint density at radius 1 is 1.25 bits per heavy atom. The van der Waals surface area contributed by atoms with Gasteiger partial charge in [-0.15, -0.1) is 0 Å². The van der Waals surface area contributed by atoms with Crippen molar-refractivity contribution in [1.29, 1.82) is 0 Å². The highest BCUT2D eigenvalue weighted by Crippen LogP contribution is 2.17. The normalized spacial score (nSPS) is 10.7. The second-order valence-corrected chi connectivity index (χ2v) is 4.29. The first-order chi connectivity index (χ1) is 7.75. The third kappa shape index (κ3) is 2.63. The van der Waals surface area contributed by atoms with Crippen LogP contribution in [0.2, 0.25) is 0 Å². The summed E-state index contributed by atoms with van der Waals surface area (Å²) in [6.07, 6.45) is 1.86. The van der Waals surface area contributed by atoms with E-state index >= 15 is 0 Å². The van der Waals surface area contributed by atoms with Crippen LogP contribution in [0.1, 0.15) is 13.8 Å². The molecule has 1 heterocycles. The van der Waals surface area contributed by atoms with E-state index in [0.717, 1.165) is 23.8 Å². The van der Waals surface area contributed by atoms with Crippen LogP contribution in [0.25, 0.3) is 11.3 Å². The second-order valence-electron chi connectivity index (χ2n) is 4.29. The van der Waals surface area contributed by atoms with E-state index in [4.69, 9.17) is 0 Å². The SMILES string of the molecule is CC(C)CNc1ncc(-c2ccccc2)[nH]1. The Balaban J connectivity index is 2.08. The summed E-state index contributed by atoms with van der Waals surface area (Å²) in [7, 11) is 0. The Bertz CT molecular complexity index is 431. The number of aromatic amines is 1. The van der Waals surface area contributed by atoms with Crippen LogP contribution >= 0.6 is 0 Å². The number of nitrogens with zero attached hydrogens (tertiary/aromatic N) is 1. The van der Waals surface area contributed by atoms with E-state index in [2.05, 4.69) is 41.3 Å². The number of anilines is 1. The van der Waals surface area contributed by atoms with Crippen molar-refractivity contribution in [2.45, 2.75) is 13.8 Å². The summed E-state index contributed by atoms with van der Waals surface area (Å²) in [5, 5.41) is 3.27. The molecule has 0 unspecified atom stereocenters. The Labute approximate surface area is 95.9 Å². The minimum atomic E-state index is 0.616. The zero-order chi connectivity index (χ0) is 11.4. The van der Waals surface area contributed by atoms with E-state index in [-0.39, 0.29) is 0 Å². The maximum Gasteiger partial charge on any atom is 0.200 e. The Morgan fingerprint density at radius 3 is 2.69 bits per heavy atom. The number of imidazole rings is 1. The molecule has 1 aromatic heterocycles. The van der Waals surface area contributed by atoms with Gasteiger partial charge in [0.05, 0.1) is 11.9 Å². The summed E-state index contributed by atoms with van der Waals surface area (Å²) in [6.45, 7) is 5.28. The van der Waals surface area contributed by atoms with Gasteiger partial charge < -0.3 is 10.3 Å². The molecule has 0 amide bonds. The van der Waals surface area contributed by atoms with Crippen molar-refractivity contribution >= 4 is 5.95 Å². The average Bonchev–Trinajstić information content (AvgIpc) is 2.76. The molecule has 1 aromatic carbocycles. The minimum absolute atomic E-state index is 0.616. The first-order valence-electron chi connectivity index (χ1n) is 5.60. The number of hydrogen-bond donors (Lipinski definition) is 2. The predicted octanol–water partition coefficient (Wildman–Crippen LogP) is 3.14. The van der Waals surface area contributed by atoms with Crippen LogP contribution in [-0.2, 0) is 0 Å². The molecule has 0 atom stereocenters. The average molecular weight is 215 g/mol. The summed E-state index contributed by atoms with van der Waals surface area (Å²) >= 11 is 0. The van der Waals surface area contributed by atoms with E-state index in [9.17, 15) is 0 Å². The Hall–Kier alpha value is -1.77. The smallest absolute Gasteiger partial charge is 0.200 e. The number of benzene rings is 1. The third-order valence-corrected chi connectivity index (χ3v) is 2.34. The summed E-state index contributed by atoms with van der Waals surface area (Å²) < 4.78 is 0. The van der Waals surface area contributed by atoms with E-state index in [0.29, 0.717) is 5.92 Å². The zero-order valence-corrected chi connectivity index (χ0v) is 9.70. The molecule has 0 spiro atoms. The van der Waals surface area contributed by atoms with Gasteiger partial charge in [0.25, 0.3) is 0 Å². The molecule has 0 saturated carbocycles. The first-order valence-corrected chi connectivity index (χ1v) is 5.60. The van der Waals surface area contributed by atoms with E-state index < -0.39 is 0 Å². The fraction of sp³-hybridized carbons (Fsp3) is 0.308. The van der Waals surface area contributed by atoms with E-state index in [1.807, 2.05) is 24.4 Å². The molecular weight excluding hydrogens is 198 g/mol. The van der Waals surface area contributed by atoms with Crippen molar-refractivity contribution in [2.24, 2.45) is 5.92 Å². The van der Waals surface area contributed by atoms with Gasteiger partial charge in [0, 0.05) is 6.54 Å². The lowest BCUT2D eigenvalue weighted by Crippen LogP contribution is -2.08. The first kappa shape index (κ1) is 10.7. The van der Waals surface area contributed by atoms with Gasteiger partial charge in [-0.1, -0.05) is 44.2 Å². The summed E-state index contributed by atoms with van der Waals surface area (Å²) in [4.78, 5) is 7.56. The summed E-state index contributed by atoms with van der Waals surface area (Å²) in [6, 6.07) is 10.2. The summed E-state index contributed by atoms with van der Waals surface area (Å²) in [5.74, 6) is 1.46. The van der Waals surface area contributed by atoms with Gasteiger partial charge in [-0.3, -0.25) is 0 Å².